The van der Waals surface area contributed by atoms with Crippen molar-refractivity contribution in [3.8, 4) is 11.4 Å². The number of hydrogen-bond acceptors (Lipinski definition) is 6. The van der Waals surface area contributed by atoms with Gasteiger partial charge in [-0.1, -0.05) is 20.8 Å². The monoisotopic (exact) mass is 465 g/mol. The van der Waals surface area contributed by atoms with Gasteiger partial charge in [0, 0.05) is 28.6 Å². The third-order valence-corrected chi connectivity index (χ3v) is 7.42. The molecule has 0 bridgehead atoms. The number of carbonyl (C=O) groups excluding carboxylic acids is 1. The Bertz CT molecular complexity index is 1440. The van der Waals surface area contributed by atoms with E-state index < -0.39 is 11.6 Å². The van der Waals surface area contributed by atoms with Crippen LogP contribution in [-0.4, -0.2) is 20.6 Å². The van der Waals surface area contributed by atoms with Crippen molar-refractivity contribution >= 4 is 16.9 Å². The van der Waals surface area contributed by atoms with Crippen molar-refractivity contribution in [3.63, 3.8) is 0 Å². The first kappa shape index (κ1) is 22.7. The fourth-order valence-corrected chi connectivity index (χ4v) is 5.59. The topological polar surface area (TPSA) is 107 Å². The van der Waals surface area contributed by atoms with Crippen molar-refractivity contribution < 1.29 is 19.0 Å². The molecule has 1 unspecified atom stereocenters. The maximum atomic E-state index is 14.7. The number of nitrogens with two attached hydrogens (primary N) is 1. The van der Waals surface area contributed by atoms with Gasteiger partial charge < -0.3 is 20.1 Å². The predicted octanol–water partition coefficient (Wildman–Crippen LogP) is 3.50. The lowest BCUT2D eigenvalue weighted by Gasteiger charge is -2.31. The van der Waals surface area contributed by atoms with Crippen LogP contribution in [0, 0.1) is 12.7 Å². The minimum atomic E-state index is -1.89. The van der Waals surface area contributed by atoms with Gasteiger partial charge in [0.1, 0.15) is 12.4 Å². The number of carbonyl (C=O) groups is 1. The zero-order valence-electron chi connectivity index (χ0n) is 19.8. The summed E-state index contributed by atoms with van der Waals surface area (Å²) >= 11 is 0. The van der Waals surface area contributed by atoms with Crippen molar-refractivity contribution in [1.82, 2.24) is 9.55 Å². The van der Waals surface area contributed by atoms with E-state index in [4.69, 9.17) is 15.5 Å². The summed E-state index contributed by atoms with van der Waals surface area (Å²) < 4.78 is 21.4. The summed E-state index contributed by atoms with van der Waals surface area (Å²) in [6, 6.07) is 2.84. The van der Waals surface area contributed by atoms with Gasteiger partial charge >= 0.3 is 5.97 Å². The second-order valence-corrected chi connectivity index (χ2v) is 8.96. The van der Waals surface area contributed by atoms with Gasteiger partial charge in [0.15, 0.2) is 5.60 Å². The van der Waals surface area contributed by atoms with Crippen LogP contribution in [0.25, 0.3) is 22.3 Å². The van der Waals surface area contributed by atoms with Gasteiger partial charge in [-0.05, 0) is 48.9 Å². The molecule has 34 heavy (non-hydrogen) atoms. The van der Waals surface area contributed by atoms with E-state index in [2.05, 4.69) is 0 Å². The number of cyclic esters (lactones) is 1. The van der Waals surface area contributed by atoms with Crippen LogP contribution >= 0.6 is 0 Å². The van der Waals surface area contributed by atoms with Gasteiger partial charge in [0.25, 0.3) is 5.56 Å². The Kier molecular flexibility index (Phi) is 5.15. The summed E-state index contributed by atoms with van der Waals surface area (Å²) in [6.07, 6.45) is 1.44. The molecule has 0 radical (unpaired) electrons. The highest BCUT2D eigenvalue weighted by Crippen LogP contribution is 2.45. The summed E-state index contributed by atoms with van der Waals surface area (Å²) in [7, 11) is 0. The van der Waals surface area contributed by atoms with Crippen molar-refractivity contribution in [2.24, 2.45) is 5.73 Å². The lowest BCUT2D eigenvalue weighted by Crippen LogP contribution is -2.44. The Morgan fingerprint density at radius 2 is 2.00 bits per heavy atom. The van der Waals surface area contributed by atoms with Crippen LogP contribution < -0.4 is 11.3 Å². The minimum absolute atomic E-state index is 0.0731. The van der Waals surface area contributed by atoms with Crippen molar-refractivity contribution in [3.05, 3.63) is 61.7 Å². The summed E-state index contributed by atoms with van der Waals surface area (Å²) in [5.41, 5.74) is 9.72. The molecule has 2 aromatic heterocycles. The third-order valence-electron chi connectivity index (χ3n) is 7.42. The van der Waals surface area contributed by atoms with Crippen LogP contribution in [0.3, 0.4) is 0 Å². The highest BCUT2D eigenvalue weighted by Gasteiger charge is 2.45. The molecular weight excluding hydrogens is 437 g/mol. The summed E-state index contributed by atoms with van der Waals surface area (Å²) in [6.45, 7) is 7.55. The molecule has 1 aromatic carbocycles. The van der Waals surface area contributed by atoms with Gasteiger partial charge in [0.2, 0.25) is 0 Å². The number of rotatable bonds is 1. The van der Waals surface area contributed by atoms with Gasteiger partial charge in [-0.15, -0.1) is 0 Å². The largest absolute Gasteiger partial charge is 0.458 e. The van der Waals surface area contributed by atoms with E-state index in [1.807, 2.05) is 13.8 Å². The highest BCUT2D eigenvalue weighted by atomic mass is 19.1. The number of aromatic nitrogens is 2. The average molecular weight is 466 g/mol. The lowest BCUT2D eigenvalue weighted by atomic mass is 9.82. The normalized spacial score (nSPS) is 21.9. The molecule has 0 spiro atoms. The van der Waals surface area contributed by atoms with E-state index in [-0.39, 0.29) is 48.1 Å². The van der Waals surface area contributed by atoms with Crippen LogP contribution in [0.4, 0.5) is 4.39 Å². The summed E-state index contributed by atoms with van der Waals surface area (Å²) in [5.74, 6) is -1.08. The number of aliphatic hydroxyl groups is 1. The van der Waals surface area contributed by atoms with Gasteiger partial charge in [-0.2, -0.15) is 0 Å². The van der Waals surface area contributed by atoms with E-state index >= 15 is 0 Å². The molecular formula is C26H28FN3O4. The highest BCUT2D eigenvalue weighted by molar-refractivity contribution is 5.93. The number of benzene rings is 1. The molecule has 0 amide bonds. The zero-order valence-corrected chi connectivity index (χ0v) is 19.8. The van der Waals surface area contributed by atoms with Crippen LogP contribution in [0.5, 0.6) is 0 Å². The maximum absolute atomic E-state index is 14.7. The number of pyridine rings is 2. The lowest BCUT2D eigenvalue weighted by molar-refractivity contribution is -0.172. The maximum Gasteiger partial charge on any atom is 0.343 e. The van der Waals surface area contributed by atoms with E-state index in [1.54, 1.807) is 24.5 Å². The Balaban J connectivity index is 0.00000117. The molecule has 6 rings (SSSR count). The molecule has 0 saturated heterocycles. The first-order valence-electron chi connectivity index (χ1n) is 11.8. The molecule has 3 N–H and O–H groups in total. The van der Waals surface area contributed by atoms with E-state index in [9.17, 15) is 19.1 Å². The molecule has 8 heteroatoms. The van der Waals surface area contributed by atoms with Crippen LogP contribution in [0.15, 0.2) is 16.9 Å². The molecule has 2 aliphatic heterocycles. The second kappa shape index (κ2) is 7.71. The molecule has 0 fully saturated rings. The number of halogens is 1. The summed E-state index contributed by atoms with van der Waals surface area (Å²) in [4.78, 5) is 30.5. The van der Waals surface area contributed by atoms with Crippen molar-refractivity contribution in [2.75, 3.05) is 0 Å². The number of aryl methyl sites for hydroxylation is 1. The number of esters is 1. The molecule has 178 valence electrons. The number of nitrogens with zero attached hydrogens (tertiary/aromatic N) is 2. The Hall–Kier alpha value is -3.10. The molecule has 1 aliphatic carbocycles. The average Bonchev–Trinajstić information content (AvgIpc) is 3.21. The zero-order chi connectivity index (χ0) is 24.5. The fraction of sp³-hybridized carbons (Fsp3) is 0.423. The smallest absolute Gasteiger partial charge is 0.343 e. The molecule has 0 saturated carbocycles. The minimum Gasteiger partial charge on any atom is -0.458 e. The van der Waals surface area contributed by atoms with Crippen LogP contribution in [-0.2, 0) is 34.7 Å². The second-order valence-electron chi connectivity index (χ2n) is 8.96. The van der Waals surface area contributed by atoms with E-state index in [1.165, 1.54) is 6.07 Å². The standard InChI is InChI=1S/C24H22FN3O4.C2H6/c1-3-24(31)14-6-18-21-12(8-28(18)22(29)13(14)9-32-23(24)30)19-16(26)5-4-11-10(2)15(25)7-17(27-21)20(11)19;1-2/h6-7,16,31H,3-5,8-9,26H2,1-2H3;1-2H3/t16-,24?;/m0./s1. The number of ether oxygens (including phenoxy) is 1. The third kappa shape index (κ3) is 2.78. The SMILES string of the molecule is CC.CCC1(O)C(=O)OCc2c1cc1n(c2=O)Cc2c-1nc1cc(F)c(C)c3c1c2[C@@H](N)CC3. The molecule has 3 aromatic rings. The van der Waals surface area contributed by atoms with Crippen molar-refractivity contribution in [2.45, 2.75) is 71.8 Å². The van der Waals surface area contributed by atoms with E-state index in [0.717, 1.165) is 22.1 Å². The van der Waals surface area contributed by atoms with Gasteiger partial charge in [0.05, 0.1) is 29.0 Å². The summed E-state index contributed by atoms with van der Waals surface area (Å²) in [5, 5.41) is 11.9. The van der Waals surface area contributed by atoms with Gasteiger partial charge in [-0.3, -0.25) is 4.79 Å². The van der Waals surface area contributed by atoms with Crippen molar-refractivity contribution in [1.29, 1.82) is 0 Å². The van der Waals surface area contributed by atoms with Gasteiger partial charge in [-0.25, -0.2) is 14.2 Å². The quantitative estimate of drug-likeness (QED) is 0.417. The molecule has 2 atom stereocenters. The Morgan fingerprint density at radius 1 is 1.26 bits per heavy atom. The molecule has 7 nitrogen and oxygen atoms in total. The first-order valence-corrected chi connectivity index (χ1v) is 11.8. The number of fused-ring (bicyclic) bond motifs is 5. The van der Waals surface area contributed by atoms with Crippen LogP contribution in [0.1, 0.15) is 73.0 Å². The predicted molar refractivity (Wildman–Crippen MR) is 126 cm³/mol. The fourth-order valence-electron chi connectivity index (χ4n) is 5.59. The first-order chi connectivity index (χ1) is 16.3. The molecule has 3 aliphatic rings. The Labute approximate surface area is 196 Å². The van der Waals surface area contributed by atoms with E-state index in [0.29, 0.717) is 35.3 Å². The molecule has 4 heterocycles. The number of hydrogen-bond donors (Lipinski definition) is 2. The Morgan fingerprint density at radius 3 is 2.71 bits per heavy atom. The van der Waals surface area contributed by atoms with Crippen LogP contribution in [0.2, 0.25) is 0 Å².